The predicted molar refractivity (Wildman–Crippen MR) is 159 cm³/mol. The van der Waals surface area contributed by atoms with Crippen LogP contribution >= 0.6 is 50.6 Å². The molecule has 0 saturated carbocycles. The minimum Gasteiger partial charge on any atom is -0.484 e. The molecule has 8 nitrogen and oxygen atoms in total. The van der Waals surface area contributed by atoms with Crippen LogP contribution in [0.2, 0.25) is 5.02 Å². The van der Waals surface area contributed by atoms with Crippen LogP contribution in [0.5, 0.6) is 5.75 Å². The fourth-order valence-electron chi connectivity index (χ4n) is 4.90. The first-order valence-corrected chi connectivity index (χ1v) is 15.0. The number of rotatable bonds is 6. The largest absolute Gasteiger partial charge is 0.484 e. The molecule has 202 valence electrons. The second kappa shape index (κ2) is 10.9. The summed E-state index contributed by atoms with van der Waals surface area (Å²) in [5.41, 5.74) is 1.79. The third-order valence-electron chi connectivity index (χ3n) is 6.62. The van der Waals surface area contributed by atoms with Gasteiger partial charge < -0.3 is 15.0 Å². The Kier molecular flexibility index (Phi) is 7.30. The lowest BCUT2D eigenvalue weighted by Gasteiger charge is -2.30. The summed E-state index contributed by atoms with van der Waals surface area (Å²) >= 11 is 11.5. The molecule has 4 aromatic rings. The van der Waals surface area contributed by atoms with E-state index in [-0.39, 0.29) is 29.2 Å². The van der Waals surface area contributed by atoms with Crippen molar-refractivity contribution in [3.63, 3.8) is 0 Å². The van der Waals surface area contributed by atoms with Crippen molar-refractivity contribution in [1.82, 2.24) is 4.98 Å². The molecule has 12 heteroatoms. The molecule has 1 fully saturated rings. The second-order valence-electron chi connectivity index (χ2n) is 9.15. The van der Waals surface area contributed by atoms with Gasteiger partial charge >= 0.3 is 4.87 Å². The number of ether oxygens (including phenoxy) is 1. The zero-order valence-corrected chi connectivity index (χ0v) is 24.4. The molecule has 0 bridgehead atoms. The zero-order chi connectivity index (χ0) is 28.0. The molecule has 2 N–H and O–H groups in total. The highest BCUT2D eigenvalue weighted by Gasteiger charge is 2.56. The number of imide groups is 1. The molecule has 3 amide bonds. The number of thioether (sulfide) groups is 1. The van der Waals surface area contributed by atoms with Gasteiger partial charge in [-0.3, -0.25) is 19.2 Å². The number of thiazole rings is 1. The normalized spacial score (nSPS) is 19.8. The maximum atomic E-state index is 13.8. The highest BCUT2D eigenvalue weighted by atomic mass is 79.9. The number of carbonyl (C=O) groups excluding carboxylic acids is 3. The molecule has 1 aromatic heterocycles. The monoisotopic (exact) mass is 655 g/mol. The number of nitrogens with one attached hydrogen (secondary N) is 2. The summed E-state index contributed by atoms with van der Waals surface area (Å²) < 4.78 is 6.61. The van der Waals surface area contributed by atoms with Gasteiger partial charge in [-0.25, -0.2) is 4.90 Å². The molecule has 3 heterocycles. The van der Waals surface area contributed by atoms with Gasteiger partial charge in [0.1, 0.15) is 11.0 Å². The smallest absolute Gasteiger partial charge is 0.305 e. The minimum absolute atomic E-state index is 0.240. The Morgan fingerprint density at radius 2 is 1.77 bits per heavy atom. The first-order chi connectivity index (χ1) is 19.3. The maximum Gasteiger partial charge on any atom is 0.305 e. The van der Waals surface area contributed by atoms with Crippen LogP contribution in [0.15, 0.2) is 87.1 Å². The summed E-state index contributed by atoms with van der Waals surface area (Å²) in [6, 6.07) is 20.8. The topological polar surface area (TPSA) is 109 Å². The first-order valence-electron chi connectivity index (χ1n) is 12.1. The van der Waals surface area contributed by atoms with Gasteiger partial charge in [-0.15, -0.1) is 0 Å². The molecule has 2 unspecified atom stereocenters. The number of H-pyrrole nitrogens is 1. The van der Waals surface area contributed by atoms with Crippen molar-refractivity contribution in [2.24, 2.45) is 5.92 Å². The van der Waals surface area contributed by atoms with E-state index in [4.69, 9.17) is 16.3 Å². The third kappa shape index (κ3) is 5.10. The van der Waals surface area contributed by atoms with Gasteiger partial charge in [0.2, 0.25) is 11.8 Å². The summed E-state index contributed by atoms with van der Waals surface area (Å²) in [7, 11) is 0. The van der Waals surface area contributed by atoms with Crippen LogP contribution in [-0.4, -0.2) is 34.6 Å². The molecule has 40 heavy (non-hydrogen) atoms. The van der Waals surface area contributed by atoms with Crippen LogP contribution in [0.1, 0.15) is 16.4 Å². The Morgan fingerprint density at radius 1 is 1.02 bits per heavy atom. The second-order valence-corrected chi connectivity index (χ2v) is 12.7. The van der Waals surface area contributed by atoms with E-state index in [2.05, 4.69) is 26.2 Å². The number of hydrogen-bond acceptors (Lipinski definition) is 7. The first kappa shape index (κ1) is 26.8. The molecule has 1 saturated heterocycles. The summed E-state index contributed by atoms with van der Waals surface area (Å²) in [5, 5.41) is 3.20. The SMILES string of the molecule is O=C(COc1cccc([C@H]2c3sc(=O)[nH]c3SC3C(=O)N(c4ccc(Br)cc4)C(=O)C32)c1)Nc1ccc(Cl)cc1. The molecule has 0 aliphatic carbocycles. The number of fused-ring (bicyclic) bond motifs is 2. The van der Waals surface area contributed by atoms with Crippen molar-refractivity contribution in [2.45, 2.75) is 16.2 Å². The van der Waals surface area contributed by atoms with Crippen LogP contribution in [0.4, 0.5) is 11.4 Å². The van der Waals surface area contributed by atoms with Crippen molar-refractivity contribution >= 4 is 79.7 Å². The van der Waals surface area contributed by atoms with E-state index in [1.807, 2.05) is 6.07 Å². The molecule has 2 aliphatic heterocycles. The zero-order valence-electron chi connectivity index (χ0n) is 20.4. The van der Waals surface area contributed by atoms with Crippen LogP contribution in [0.3, 0.4) is 0 Å². The van der Waals surface area contributed by atoms with Crippen LogP contribution in [0.25, 0.3) is 0 Å². The molecular weight excluding hydrogens is 638 g/mol. The van der Waals surface area contributed by atoms with Gasteiger partial charge in [-0.2, -0.15) is 0 Å². The number of amides is 3. The molecule has 3 atom stereocenters. The van der Waals surface area contributed by atoms with Crippen LogP contribution in [0, 0.1) is 5.92 Å². The van der Waals surface area contributed by atoms with Gasteiger partial charge in [0.25, 0.3) is 5.91 Å². The van der Waals surface area contributed by atoms with Crippen molar-refractivity contribution < 1.29 is 19.1 Å². The number of hydrogen-bond donors (Lipinski definition) is 2. The molecule has 3 aromatic carbocycles. The lowest BCUT2D eigenvalue weighted by Crippen LogP contribution is -2.32. The number of carbonyl (C=O) groups is 3. The summed E-state index contributed by atoms with van der Waals surface area (Å²) in [5.74, 6) is -1.84. The number of nitrogens with zero attached hydrogens (tertiary/aromatic N) is 1. The Balaban J connectivity index is 1.28. The van der Waals surface area contributed by atoms with Crippen molar-refractivity contribution in [3.05, 3.63) is 102 Å². The van der Waals surface area contributed by atoms with Crippen LogP contribution < -0.4 is 19.8 Å². The Morgan fingerprint density at radius 3 is 2.52 bits per heavy atom. The highest BCUT2D eigenvalue weighted by Crippen LogP contribution is 2.53. The average molecular weight is 657 g/mol. The van der Waals surface area contributed by atoms with Gasteiger partial charge in [0, 0.05) is 26.0 Å². The van der Waals surface area contributed by atoms with Crippen molar-refractivity contribution in [3.8, 4) is 5.75 Å². The van der Waals surface area contributed by atoms with E-state index in [1.54, 1.807) is 66.7 Å². The summed E-state index contributed by atoms with van der Waals surface area (Å²) in [4.78, 5) is 56.7. The lowest BCUT2D eigenvalue weighted by atomic mass is 9.83. The Hall–Kier alpha value is -3.38. The standard InChI is InChI=1S/C28H19BrClN3O5S2/c29-15-4-10-18(11-5-15)33-26(35)22-21(23-25(32-28(37)40-23)39-24(22)27(33)36)14-2-1-3-19(12-14)38-13-20(34)31-17-8-6-16(30)7-9-17/h1-12,21-22,24H,13H2,(H,31,34)(H,32,37)/t21-,22?,24?/m1/s1. The number of aromatic nitrogens is 1. The lowest BCUT2D eigenvalue weighted by molar-refractivity contribution is -0.122. The maximum absolute atomic E-state index is 13.8. The fourth-order valence-corrected chi connectivity index (χ4v) is 7.80. The molecule has 6 rings (SSSR count). The van der Waals surface area contributed by atoms with Crippen LogP contribution in [-0.2, 0) is 14.4 Å². The quantitative estimate of drug-likeness (QED) is 0.259. The highest BCUT2D eigenvalue weighted by molar-refractivity contribution is 9.10. The molecule has 0 spiro atoms. The molecule has 2 aliphatic rings. The van der Waals surface area contributed by atoms with Crippen molar-refractivity contribution in [1.29, 1.82) is 0 Å². The van der Waals surface area contributed by atoms with Gasteiger partial charge in [0.05, 0.1) is 16.6 Å². The van der Waals surface area contributed by atoms with E-state index in [0.29, 0.717) is 37.6 Å². The molecule has 0 radical (unpaired) electrons. The summed E-state index contributed by atoms with van der Waals surface area (Å²) in [6.07, 6.45) is 0. The predicted octanol–water partition coefficient (Wildman–Crippen LogP) is 5.67. The number of halogens is 2. The van der Waals surface area contributed by atoms with E-state index in [9.17, 15) is 19.2 Å². The van der Waals surface area contributed by atoms with E-state index < -0.39 is 17.1 Å². The number of benzene rings is 3. The van der Waals surface area contributed by atoms with Crippen molar-refractivity contribution in [2.75, 3.05) is 16.8 Å². The minimum atomic E-state index is -0.719. The average Bonchev–Trinajstić information content (AvgIpc) is 3.43. The van der Waals surface area contributed by atoms with Gasteiger partial charge in [-0.1, -0.05) is 62.8 Å². The van der Waals surface area contributed by atoms with E-state index in [1.165, 1.54) is 16.7 Å². The third-order valence-corrected chi connectivity index (χ3v) is 9.81. The van der Waals surface area contributed by atoms with E-state index in [0.717, 1.165) is 15.8 Å². The summed E-state index contributed by atoms with van der Waals surface area (Å²) in [6.45, 7) is -0.240. The Bertz CT molecular complexity index is 1690. The number of anilines is 2. The molecular formula is C28H19BrClN3O5S2. The van der Waals surface area contributed by atoms with Gasteiger partial charge in [-0.05, 0) is 66.2 Å². The van der Waals surface area contributed by atoms with Gasteiger partial charge in [0.15, 0.2) is 6.61 Å². The van der Waals surface area contributed by atoms with E-state index >= 15 is 0 Å². The Labute approximate surface area is 249 Å². The fraction of sp³-hybridized carbons (Fsp3) is 0.143. The number of aromatic amines is 1.